The molecule has 0 fully saturated rings. The quantitative estimate of drug-likeness (QED) is 0.677. The number of anilines is 1. The molecule has 0 aromatic heterocycles. The smallest absolute Gasteiger partial charge is 0.306 e. The molecule has 118 valence electrons. The minimum atomic E-state index is -0.324. The van der Waals surface area contributed by atoms with Crippen molar-refractivity contribution in [1.82, 2.24) is 0 Å². The molecule has 23 heavy (non-hydrogen) atoms. The molecule has 2 aromatic carbocycles. The third-order valence-corrected chi connectivity index (χ3v) is 3.94. The number of fused-ring (bicyclic) bond motifs is 1. The summed E-state index contributed by atoms with van der Waals surface area (Å²) in [5, 5.41) is 4.92. The maximum absolute atomic E-state index is 11.9. The van der Waals surface area contributed by atoms with Crippen LogP contribution in [0.1, 0.15) is 19.3 Å². The van der Waals surface area contributed by atoms with Crippen LogP contribution < -0.4 is 5.32 Å². The molecule has 2 aromatic rings. The van der Waals surface area contributed by atoms with Gasteiger partial charge in [-0.3, -0.25) is 9.59 Å². The monoisotopic (exact) mass is 309 g/mol. The third-order valence-electron chi connectivity index (χ3n) is 3.94. The lowest BCUT2D eigenvalue weighted by Crippen LogP contribution is -2.21. The molecule has 4 nitrogen and oxygen atoms in total. The van der Waals surface area contributed by atoms with Crippen LogP contribution in [0.4, 0.5) is 5.69 Å². The number of rotatable bonds is 5. The van der Waals surface area contributed by atoms with Gasteiger partial charge in [0, 0.05) is 5.69 Å². The second kappa shape index (κ2) is 7.09. The number of amides is 1. The van der Waals surface area contributed by atoms with Crippen LogP contribution in [0.5, 0.6) is 0 Å². The molecule has 0 heterocycles. The van der Waals surface area contributed by atoms with Gasteiger partial charge in [0.1, 0.15) is 0 Å². The number of carbonyl (C=O) groups excluding carboxylic acids is 2. The SMILES string of the molecule is O=C(COC(=O)C[C@@H]1C=CCC1)Nc1ccc2ccccc2c1. The lowest BCUT2D eigenvalue weighted by Gasteiger charge is -2.09. The maximum Gasteiger partial charge on any atom is 0.306 e. The molecule has 0 radical (unpaired) electrons. The van der Waals surface area contributed by atoms with Crippen molar-refractivity contribution in [3.8, 4) is 0 Å². The molecule has 1 aliphatic carbocycles. The molecule has 4 heteroatoms. The molecule has 0 bridgehead atoms. The van der Waals surface area contributed by atoms with Crippen LogP contribution in [0.2, 0.25) is 0 Å². The highest BCUT2D eigenvalue weighted by atomic mass is 16.5. The van der Waals surface area contributed by atoms with Gasteiger partial charge < -0.3 is 10.1 Å². The summed E-state index contributed by atoms with van der Waals surface area (Å²) >= 11 is 0. The maximum atomic E-state index is 11.9. The molecule has 0 saturated heterocycles. The molecule has 1 atom stereocenters. The van der Waals surface area contributed by atoms with Crippen LogP contribution in [0.15, 0.2) is 54.6 Å². The highest BCUT2D eigenvalue weighted by Gasteiger charge is 2.16. The fourth-order valence-corrected chi connectivity index (χ4v) is 2.75. The van der Waals surface area contributed by atoms with Crippen LogP contribution in [0.3, 0.4) is 0 Å². The van der Waals surface area contributed by atoms with Crippen LogP contribution in [-0.4, -0.2) is 18.5 Å². The van der Waals surface area contributed by atoms with E-state index in [1.807, 2.05) is 48.5 Å². The number of hydrogen-bond donors (Lipinski definition) is 1. The molecule has 0 aliphatic heterocycles. The number of carbonyl (C=O) groups is 2. The third kappa shape index (κ3) is 4.19. The van der Waals surface area contributed by atoms with E-state index in [0.29, 0.717) is 12.1 Å². The molecular weight excluding hydrogens is 290 g/mol. The normalized spacial score (nSPS) is 16.4. The molecule has 1 aliphatic rings. The summed E-state index contributed by atoms with van der Waals surface area (Å²) in [5.74, 6) is -0.392. The van der Waals surface area contributed by atoms with Gasteiger partial charge in [-0.2, -0.15) is 0 Å². The van der Waals surface area contributed by atoms with E-state index in [0.717, 1.165) is 23.6 Å². The van der Waals surface area contributed by atoms with E-state index in [1.165, 1.54) is 0 Å². The van der Waals surface area contributed by atoms with Crippen LogP contribution in [-0.2, 0) is 14.3 Å². The zero-order chi connectivity index (χ0) is 16.1. The largest absolute Gasteiger partial charge is 0.456 e. The second-order valence-corrected chi connectivity index (χ2v) is 5.74. The van der Waals surface area contributed by atoms with Gasteiger partial charge in [0.25, 0.3) is 5.91 Å². The highest BCUT2D eigenvalue weighted by molar-refractivity contribution is 5.95. The zero-order valence-electron chi connectivity index (χ0n) is 12.8. The first-order chi connectivity index (χ1) is 11.2. The number of esters is 1. The van der Waals surface area contributed by atoms with Crippen molar-refractivity contribution < 1.29 is 14.3 Å². The Morgan fingerprint density at radius 1 is 1.13 bits per heavy atom. The summed E-state index contributed by atoms with van der Waals surface area (Å²) in [6.45, 7) is -0.248. The Hall–Kier alpha value is -2.62. The summed E-state index contributed by atoms with van der Waals surface area (Å²) in [7, 11) is 0. The van der Waals surface area contributed by atoms with Crippen molar-refractivity contribution in [3.05, 3.63) is 54.6 Å². The van der Waals surface area contributed by atoms with Crippen molar-refractivity contribution in [1.29, 1.82) is 0 Å². The first-order valence-electron chi connectivity index (χ1n) is 7.81. The second-order valence-electron chi connectivity index (χ2n) is 5.74. The first kappa shape index (κ1) is 15.3. The summed E-state index contributed by atoms with van der Waals surface area (Å²) in [6, 6.07) is 13.6. The van der Waals surface area contributed by atoms with E-state index in [4.69, 9.17) is 4.74 Å². The average Bonchev–Trinajstić information content (AvgIpc) is 3.06. The van der Waals surface area contributed by atoms with E-state index in [1.54, 1.807) is 0 Å². The van der Waals surface area contributed by atoms with Crippen molar-refractivity contribution >= 4 is 28.3 Å². The average molecular weight is 309 g/mol. The van der Waals surface area contributed by atoms with Crippen molar-refractivity contribution in [2.45, 2.75) is 19.3 Å². The van der Waals surface area contributed by atoms with Gasteiger partial charge in [0.2, 0.25) is 0 Å². The van der Waals surface area contributed by atoms with Crippen LogP contribution in [0, 0.1) is 5.92 Å². The molecule has 0 spiro atoms. The molecule has 1 N–H and O–H groups in total. The Balaban J connectivity index is 1.49. The molecule has 0 unspecified atom stereocenters. The number of allylic oxidation sites excluding steroid dienone is 2. The van der Waals surface area contributed by atoms with E-state index in [9.17, 15) is 9.59 Å². The Kier molecular flexibility index (Phi) is 4.71. The lowest BCUT2D eigenvalue weighted by molar-refractivity contribution is -0.147. The fraction of sp³-hybridized carbons (Fsp3) is 0.263. The van der Waals surface area contributed by atoms with Crippen LogP contribution >= 0.6 is 0 Å². The van der Waals surface area contributed by atoms with Crippen molar-refractivity contribution in [2.24, 2.45) is 5.92 Å². The van der Waals surface area contributed by atoms with Gasteiger partial charge in [0.05, 0.1) is 6.42 Å². The number of nitrogens with one attached hydrogen (secondary N) is 1. The summed E-state index contributed by atoms with van der Waals surface area (Å²) in [6.07, 6.45) is 6.46. The standard InChI is InChI=1S/C19H19NO3/c21-18(13-23-19(22)11-14-5-1-2-6-14)20-17-10-9-15-7-3-4-8-16(15)12-17/h1,3-5,7-10,12,14H,2,6,11,13H2,(H,20,21)/t14-/m1/s1. The lowest BCUT2D eigenvalue weighted by atomic mass is 10.1. The Labute approximate surface area is 135 Å². The summed E-state index contributed by atoms with van der Waals surface area (Å²) < 4.78 is 5.04. The minimum Gasteiger partial charge on any atom is -0.456 e. The van der Waals surface area contributed by atoms with Gasteiger partial charge >= 0.3 is 5.97 Å². The van der Waals surface area contributed by atoms with E-state index >= 15 is 0 Å². The van der Waals surface area contributed by atoms with Gasteiger partial charge in [0.15, 0.2) is 6.61 Å². The molecule has 1 amide bonds. The molecule has 3 rings (SSSR count). The van der Waals surface area contributed by atoms with E-state index in [2.05, 4.69) is 11.4 Å². The zero-order valence-corrected chi connectivity index (χ0v) is 12.8. The predicted octanol–water partition coefficient (Wildman–Crippen LogP) is 3.68. The highest BCUT2D eigenvalue weighted by Crippen LogP contribution is 2.21. The summed E-state index contributed by atoms with van der Waals surface area (Å²) in [5.41, 5.74) is 0.698. The van der Waals surface area contributed by atoms with Crippen molar-refractivity contribution in [2.75, 3.05) is 11.9 Å². The molecule has 0 saturated carbocycles. The minimum absolute atomic E-state index is 0.248. The Morgan fingerprint density at radius 2 is 1.96 bits per heavy atom. The van der Waals surface area contributed by atoms with Gasteiger partial charge in [-0.25, -0.2) is 0 Å². The topological polar surface area (TPSA) is 55.4 Å². The fourth-order valence-electron chi connectivity index (χ4n) is 2.75. The van der Waals surface area contributed by atoms with E-state index in [-0.39, 0.29) is 24.4 Å². The number of ether oxygens (including phenoxy) is 1. The van der Waals surface area contributed by atoms with Gasteiger partial charge in [-0.05, 0) is 41.7 Å². The van der Waals surface area contributed by atoms with Crippen molar-refractivity contribution in [3.63, 3.8) is 0 Å². The number of hydrogen-bond acceptors (Lipinski definition) is 3. The van der Waals surface area contributed by atoms with Crippen LogP contribution in [0.25, 0.3) is 10.8 Å². The molecular formula is C19H19NO3. The number of benzene rings is 2. The Morgan fingerprint density at radius 3 is 2.74 bits per heavy atom. The van der Waals surface area contributed by atoms with E-state index < -0.39 is 0 Å². The first-order valence-corrected chi connectivity index (χ1v) is 7.81. The van der Waals surface area contributed by atoms with Gasteiger partial charge in [-0.15, -0.1) is 0 Å². The van der Waals surface area contributed by atoms with Gasteiger partial charge in [-0.1, -0.05) is 42.5 Å². The predicted molar refractivity (Wildman–Crippen MR) is 90.0 cm³/mol. The Bertz CT molecular complexity index is 751. The summed E-state index contributed by atoms with van der Waals surface area (Å²) in [4.78, 5) is 23.6.